The number of rotatable bonds is 5. The smallest absolute Gasteiger partial charge is 0.269 e. The molecular weight excluding hydrogens is 356 g/mol. The molecule has 0 spiro atoms. The minimum absolute atomic E-state index is 0.0504. The summed E-state index contributed by atoms with van der Waals surface area (Å²) in [6.45, 7) is 0.535. The molecular formula is C18H20N2O5S. The van der Waals surface area contributed by atoms with Gasteiger partial charge in [-0.05, 0) is 17.5 Å². The highest BCUT2D eigenvalue weighted by molar-refractivity contribution is 7.89. The molecule has 138 valence electrons. The van der Waals surface area contributed by atoms with Crippen LogP contribution in [-0.2, 0) is 27.7 Å². The van der Waals surface area contributed by atoms with Crippen LogP contribution in [0.15, 0.2) is 54.6 Å². The van der Waals surface area contributed by atoms with Gasteiger partial charge < -0.3 is 4.74 Å². The molecule has 0 aliphatic carbocycles. The number of nitro groups is 1. The van der Waals surface area contributed by atoms with Crippen molar-refractivity contribution >= 4 is 15.7 Å². The lowest BCUT2D eigenvalue weighted by Crippen LogP contribution is -2.42. The first kappa shape index (κ1) is 18.5. The van der Waals surface area contributed by atoms with Crippen LogP contribution in [0.3, 0.4) is 0 Å². The Morgan fingerprint density at radius 1 is 1.12 bits per heavy atom. The van der Waals surface area contributed by atoms with E-state index in [9.17, 15) is 18.5 Å². The van der Waals surface area contributed by atoms with Crippen molar-refractivity contribution in [3.8, 4) is 0 Å². The van der Waals surface area contributed by atoms with E-state index < -0.39 is 14.9 Å². The molecule has 0 radical (unpaired) electrons. The molecule has 2 aromatic rings. The second-order valence-electron chi connectivity index (χ2n) is 6.21. The van der Waals surface area contributed by atoms with Crippen LogP contribution in [-0.4, -0.2) is 42.7 Å². The second-order valence-corrected chi connectivity index (χ2v) is 8.25. The van der Waals surface area contributed by atoms with Gasteiger partial charge in [0.25, 0.3) is 5.69 Å². The van der Waals surface area contributed by atoms with Gasteiger partial charge in [0.15, 0.2) is 0 Å². The lowest BCUT2D eigenvalue weighted by atomic mass is 10.1. The van der Waals surface area contributed by atoms with E-state index in [0.29, 0.717) is 18.6 Å². The minimum Gasteiger partial charge on any atom is -0.379 e. The molecule has 2 aromatic carbocycles. The quantitative estimate of drug-likeness (QED) is 0.590. The van der Waals surface area contributed by atoms with Gasteiger partial charge in [0.2, 0.25) is 10.0 Å². The van der Waals surface area contributed by atoms with E-state index in [2.05, 4.69) is 0 Å². The van der Waals surface area contributed by atoms with Crippen LogP contribution in [0.1, 0.15) is 11.1 Å². The molecule has 1 atom stereocenters. The molecule has 7 nitrogen and oxygen atoms in total. The Labute approximate surface area is 152 Å². The Hall–Kier alpha value is -2.29. The lowest BCUT2D eigenvalue weighted by molar-refractivity contribution is -0.384. The van der Waals surface area contributed by atoms with Crippen LogP contribution in [0, 0.1) is 10.1 Å². The maximum atomic E-state index is 12.7. The molecule has 0 N–H and O–H groups in total. The fourth-order valence-electron chi connectivity index (χ4n) is 3.03. The minimum atomic E-state index is -3.52. The van der Waals surface area contributed by atoms with Gasteiger partial charge in [-0.25, -0.2) is 8.42 Å². The van der Waals surface area contributed by atoms with Gasteiger partial charge in [-0.3, -0.25) is 10.1 Å². The standard InChI is InChI=1S/C18H20N2O5S/c21-20(22)17-8-4-7-16(12-17)13-19-18(11-15-5-2-1-3-6-15)14-25-9-10-26(19,23)24/h1-8,12,18H,9-11,13-14H2. The molecule has 26 heavy (non-hydrogen) atoms. The summed E-state index contributed by atoms with van der Waals surface area (Å²) in [6.07, 6.45) is 0.523. The van der Waals surface area contributed by atoms with E-state index in [0.717, 1.165) is 5.56 Å². The second kappa shape index (κ2) is 7.94. The number of ether oxygens (including phenoxy) is 1. The van der Waals surface area contributed by atoms with E-state index in [4.69, 9.17) is 4.74 Å². The van der Waals surface area contributed by atoms with Gasteiger partial charge in [0.05, 0.1) is 29.9 Å². The number of nitrogens with zero attached hydrogens (tertiary/aromatic N) is 2. The van der Waals surface area contributed by atoms with Crippen LogP contribution in [0.25, 0.3) is 0 Å². The Kier molecular flexibility index (Phi) is 5.65. The average molecular weight is 376 g/mol. The monoisotopic (exact) mass is 376 g/mol. The fraction of sp³-hybridized carbons (Fsp3) is 0.333. The van der Waals surface area contributed by atoms with Gasteiger partial charge in [-0.2, -0.15) is 4.31 Å². The van der Waals surface area contributed by atoms with Crippen molar-refractivity contribution in [1.82, 2.24) is 4.31 Å². The van der Waals surface area contributed by atoms with E-state index in [-0.39, 0.29) is 30.6 Å². The number of non-ortho nitro benzene ring substituents is 1. The van der Waals surface area contributed by atoms with Crippen LogP contribution in [0.5, 0.6) is 0 Å². The van der Waals surface area contributed by atoms with E-state index in [1.807, 2.05) is 30.3 Å². The van der Waals surface area contributed by atoms with Crippen molar-refractivity contribution in [3.63, 3.8) is 0 Å². The normalized spacial score (nSPS) is 20.4. The van der Waals surface area contributed by atoms with Gasteiger partial charge in [0.1, 0.15) is 0 Å². The highest BCUT2D eigenvalue weighted by atomic mass is 32.2. The Balaban J connectivity index is 1.89. The summed E-state index contributed by atoms with van der Waals surface area (Å²) in [5.41, 5.74) is 1.55. The summed E-state index contributed by atoms with van der Waals surface area (Å²) >= 11 is 0. The zero-order valence-electron chi connectivity index (χ0n) is 14.2. The predicted molar refractivity (Wildman–Crippen MR) is 97.2 cm³/mol. The first-order valence-electron chi connectivity index (χ1n) is 8.30. The molecule has 1 fully saturated rings. The van der Waals surface area contributed by atoms with Crippen molar-refractivity contribution in [2.75, 3.05) is 19.0 Å². The molecule has 0 aromatic heterocycles. The summed E-state index contributed by atoms with van der Waals surface area (Å²) < 4.78 is 32.4. The number of benzene rings is 2. The zero-order chi connectivity index (χ0) is 18.6. The third-order valence-corrected chi connectivity index (χ3v) is 6.16. The molecule has 8 heteroatoms. The zero-order valence-corrected chi connectivity index (χ0v) is 15.0. The van der Waals surface area contributed by atoms with Crippen LogP contribution in [0.4, 0.5) is 5.69 Å². The van der Waals surface area contributed by atoms with Crippen molar-refractivity contribution < 1.29 is 18.1 Å². The van der Waals surface area contributed by atoms with Crippen LogP contribution in [0.2, 0.25) is 0 Å². The van der Waals surface area contributed by atoms with Gasteiger partial charge >= 0.3 is 0 Å². The Morgan fingerprint density at radius 2 is 1.85 bits per heavy atom. The molecule has 1 saturated heterocycles. The maximum absolute atomic E-state index is 12.7. The molecule has 0 amide bonds. The highest BCUT2D eigenvalue weighted by Crippen LogP contribution is 2.22. The van der Waals surface area contributed by atoms with Gasteiger partial charge in [-0.1, -0.05) is 42.5 Å². The predicted octanol–water partition coefficient (Wildman–Crippen LogP) is 2.37. The Bertz CT molecular complexity index is 870. The maximum Gasteiger partial charge on any atom is 0.269 e. The number of sulfonamides is 1. The lowest BCUT2D eigenvalue weighted by Gasteiger charge is -2.28. The van der Waals surface area contributed by atoms with Gasteiger partial charge in [0, 0.05) is 18.7 Å². The molecule has 3 rings (SSSR count). The topological polar surface area (TPSA) is 89.8 Å². The first-order valence-corrected chi connectivity index (χ1v) is 9.91. The van der Waals surface area contributed by atoms with Crippen molar-refractivity contribution in [3.05, 3.63) is 75.8 Å². The molecule has 1 aliphatic rings. The SMILES string of the molecule is O=[N+]([O-])c1cccc(CN2C(Cc3ccccc3)COCCS2(=O)=O)c1. The largest absolute Gasteiger partial charge is 0.379 e. The summed E-state index contributed by atoms with van der Waals surface area (Å²) in [7, 11) is -3.52. The van der Waals surface area contributed by atoms with E-state index in [1.165, 1.54) is 16.4 Å². The highest BCUT2D eigenvalue weighted by Gasteiger charge is 2.33. The summed E-state index contributed by atoms with van der Waals surface area (Å²) in [4.78, 5) is 10.5. The van der Waals surface area contributed by atoms with E-state index >= 15 is 0 Å². The van der Waals surface area contributed by atoms with Crippen molar-refractivity contribution in [1.29, 1.82) is 0 Å². The first-order chi connectivity index (χ1) is 12.5. The third kappa shape index (κ3) is 4.46. The summed E-state index contributed by atoms with van der Waals surface area (Å²) in [5, 5.41) is 11.0. The van der Waals surface area contributed by atoms with E-state index in [1.54, 1.807) is 12.1 Å². The molecule has 0 saturated carbocycles. The molecule has 1 unspecified atom stereocenters. The van der Waals surface area contributed by atoms with Crippen LogP contribution >= 0.6 is 0 Å². The summed E-state index contributed by atoms with van der Waals surface area (Å²) in [6, 6.07) is 15.3. The molecule has 1 heterocycles. The molecule has 1 aliphatic heterocycles. The van der Waals surface area contributed by atoms with Gasteiger partial charge in [-0.15, -0.1) is 0 Å². The number of nitro benzene ring substituents is 1. The van der Waals surface area contributed by atoms with Crippen molar-refractivity contribution in [2.24, 2.45) is 0 Å². The van der Waals surface area contributed by atoms with Crippen LogP contribution < -0.4 is 0 Å². The Morgan fingerprint density at radius 3 is 2.58 bits per heavy atom. The average Bonchev–Trinajstić information content (AvgIpc) is 2.76. The third-order valence-electron chi connectivity index (χ3n) is 4.33. The fourth-order valence-corrected chi connectivity index (χ4v) is 4.53. The van der Waals surface area contributed by atoms with Crippen molar-refractivity contribution in [2.45, 2.75) is 19.0 Å². The number of hydrogen-bond acceptors (Lipinski definition) is 5. The summed E-state index contributed by atoms with van der Waals surface area (Å²) in [5.74, 6) is -0.0901. The molecule has 0 bridgehead atoms. The number of hydrogen-bond donors (Lipinski definition) is 0.